The van der Waals surface area contributed by atoms with Gasteiger partial charge in [-0.2, -0.15) is 0 Å². The molecule has 0 N–H and O–H groups in total. The molecule has 0 fully saturated rings. The van der Waals surface area contributed by atoms with E-state index >= 15 is 0 Å². The summed E-state index contributed by atoms with van der Waals surface area (Å²) in [4.78, 5) is 0.292. The fourth-order valence-electron chi connectivity index (χ4n) is 1.49. The molecule has 0 aliphatic rings. The first-order chi connectivity index (χ1) is 8.99. The van der Waals surface area contributed by atoms with E-state index in [2.05, 4.69) is 15.9 Å². The number of hydrogen-bond acceptors (Lipinski definition) is 2. The molecular formula is C14H10BrIO2S. The van der Waals surface area contributed by atoms with Crippen molar-refractivity contribution in [3.05, 3.63) is 70.0 Å². The van der Waals surface area contributed by atoms with Crippen LogP contribution in [-0.4, -0.2) is 8.42 Å². The highest BCUT2D eigenvalue weighted by Gasteiger charge is 2.12. The molecule has 2 rings (SSSR count). The lowest BCUT2D eigenvalue weighted by Crippen LogP contribution is -1.96. The first kappa shape index (κ1) is 14.7. The van der Waals surface area contributed by atoms with Crippen molar-refractivity contribution in [1.82, 2.24) is 0 Å². The lowest BCUT2D eigenvalue weighted by Gasteiger charge is -2.02. The molecule has 2 aromatic rings. The van der Waals surface area contributed by atoms with Crippen LogP contribution in [0.3, 0.4) is 0 Å². The van der Waals surface area contributed by atoms with Crippen LogP contribution in [0.1, 0.15) is 5.56 Å². The zero-order valence-electron chi connectivity index (χ0n) is 9.75. The summed E-state index contributed by atoms with van der Waals surface area (Å²) in [5.74, 6) is 0. The van der Waals surface area contributed by atoms with Crippen molar-refractivity contribution in [2.45, 2.75) is 4.90 Å². The van der Waals surface area contributed by atoms with E-state index in [9.17, 15) is 8.42 Å². The Morgan fingerprint density at radius 1 is 1.00 bits per heavy atom. The van der Waals surface area contributed by atoms with E-state index in [1.807, 2.05) is 52.9 Å². The highest BCUT2D eigenvalue weighted by Crippen LogP contribution is 2.25. The minimum Gasteiger partial charge on any atom is -0.219 e. The van der Waals surface area contributed by atoms with E-state index < -0.39 is 9.84 Å². The molecule has 2 nitrogen and oxygen atoms in total. The van der Waals surface area contributed by atoms with Crippen LogP contribution in [0.4, 0.5) is 0 Å². The second-order valence-electron chi connectivity index (χ2n) is 3.83. The van der Waals surface area contributed by atoms with Crippen molar-refractivity contribution in [1.29, 1.82) is 0 Å². The van der Waals surface area contributed by atoms with Crippen LogP contribution < -0.4 is 0 Å². The molecule has 0 spiro atoms. The summed E-state index contributed by atoms with van der Waals surface area (Å²) in [7, 11) is -3.41. The lowest BCUT2D eigenvalue weighted by molar-refractivity contribution is 0.605. The summed E-state index contributed by atoms with van der Waals surface area (Å²) in [5.41, 5.74) is 0.892. The Kier molecular flexibility index (Phi) is 4.81. The summed E-state index contributed by atoms with van der Waals surface area (Å²) in [6.45, 7) is 0. The summed E-state index contributed by atoms with van der Waals surface area (Å²) in [5, 5.41) is 1.30. The van der Waals surface area contributed by atoms with Crippen LogP contribution >= 0.6 is 38.5 Å². The van der Waals surface area contributed by atoms with Crippen molar-refractivity contribution < 1.29 is 8.42 Å². The minimum atomic E-state index is -3.41. The first-order valence-corrected chi connectivity index (χ1v) is 8.84. The molecule has 0 bridgehead atoms. The number of hydrogen-bond donors (Lipinski definition) is 0. The lowest BCUT2D eigenvalue weighted by atomic mass is 10.2. The summed E-state index contributed by atoms with van der Waals surface area (Å²) < 4.78 is 26.0. The molecule has 0 aliphatic carbocycles. The Labute approximate surface area is 134 Å². The molecule has 0 radical (unpaired) electrons. The van der Waals surface area contributed by atoms with Gasteiger partial charge in [0.05, 0.1) is 4.90 Å². The van der Waals surface area contributed by atoms with Gasteiger partial charge in [-0.25, -0.2) is 8.42 Å². The Bertz CT molecular complexity index is 692. The molecule has 98 valence electrons. The maximum Gasteiger partial charge on any atom is 0.200 e. The first-order valence-electron chi connectivity index (χ1n) is 5.42. The number of halogens is 2. The summed E-state index contributed by atoms with van der Waals surface area (Å²) in [6.07, 6.45) is 0. The van der Waals surface area contributed by atoms with E-state index in [1.165, 1.54) is 5.41 Å². The predicted molar refractivity (Wildman–Crippen MR) is 89.8 cm³/mol. The third kappa shape index (κ3) is 3.90. The molecule has 19 heavy (non-hydrogen) atoms. The molecule has 0 aromatic heterocycles. The highest BCUT2D eigenvalue weighted by molar-refractivity contribution is 14.1. The van der Waals surface area contributed by atoms with Gasteiger partial charge < -0.3 is 0 Å². The third-order valence-electron chi connectivity index (χ3n) is 2.45. The van der Waals surface area contributed by atoms with Gasteiger partial charge >= 0.3 is 0 Å². The van der Waals surface area contributed by atoms with Gasteiger partial charge in [0, 0.05) is 13.5 Å². The minimum absolute atomic E-state index is 0.292. The molecule has 5 heteroatoms. The van der Waals surface area contributed by atoms with E-state index in [0.717, 1.165) is 10.0 Å². The fraction of sp³-hybridized carbons (Fsp3) is 0. The van der Waals surface area contributed by atoms with Crippen molar-refractivity contribution in [3.8, 4) is 0 Å². The van der Waals surface area contributed by atoms with Gasteiger partial charge in [0.15, 0.2) is 0 Å². The van der Waals surface area contributed by atoms with Gasteiger partial charge in [-0.05, 0) is 52.4 Å². The predicted octanol–water partition coefficient (Wildman–Crippen LogP) is 4.66. The number of rotatable bonds is 3. The highest BCUT2D eigenvalue weighted by atomic mass is 127. The van der Waals surface area contributed by atoms with E-state index in [-0.39, 0.29) is 0 Å². The summed E-state index contributed by atoms with van der Waals surface area (Å²) >= 11 is 5.33. The van der Waals surface area contributed by atoms with Gasteiger partial charge in [-0.1, -0.05) is 46.3 Å². The van der Waals surface area contributed by atoms with Crippen LogP contribution in [-0.2, 0) is 9.84 Å². The summed E-state index contributed by atoms with van der Waals surface area (Å²) in [6, 6.07) is 16.0. The van der Waals surface area contributed by atoms with Gasteiger partial charge in [-0.3, -0.25) is 0 Å². The normalized spacial score (nSPS) is 12.4. The molecule has 0 unspecified atom stereocenters. The molecule has 2 aromatic carbocycles. The van der Waals surface area contributed by atoms with E-state index in [1.54, 1.807) is 24.3 Å². The van der Waals surface area contributed by atoms with Crippen LogP contribution in [0.25, 0.3) is 3.58 Å². The topological polar surface area (TPSA) is 34.1 Å². The molecule has 0 saturated heterocycles. The number of benzene rings is 2. The second-order valence-corrected chi connectivity index (χ2v) is 7.71. The molecular weight excluding hydrogens is 439 g/mol. The Hall–Kier alpha value is -0.660. The smallest absolute Gasteiger partial charge is 0.200 e. The Balaban J connectivity index is 2.39. The Morgan fingerprint density at radius 2 is 1.58 bits per heavy atom. The molecule has 0 aliphatic heterocycles. The maximum atomic E-state index is 12.2. The van der Waals surface area contributed by atoms with Crippen LogP contribution in [0.15, 0.2) is 69.4 Å². The van der Waals surface area contributed by atoms with E-state index in [4.69, 9.17) is 0 Å². The standard InChI is InChI=1S/C14H10BrIO2S/c15-12-6-8-13(9-7-12)19(17,18)10-14(16)11-4-2-1-3-5-11/h1-10H/b14-10+. The average molecular weight is 449 g/mol. The van der Waals surface area contributed by atoms with Crippen LogP contribution in [0, 0.1) is 0 Å². The quantitative estimate of drug-likeness (QED) is 0.640. The van der Waals surface area contributed by atoms with Gasteiger partial charge in [-0.15, -0.1) is 0 Å². The van der Waals surface area contributed by atoms with Crippen molar-refractivity contribution in [2.24, 2.45) is 0 Å². The molecule has 0 saturated carbocycles. The van der Waals surface area contributed by atoms with Crippen LogP contribution in [0.2, 0.25) is 0 Å². The van der Waals surface area contributed by atoms with Crippen molar-refractivity contribution in [3.63, 3.8) is 0 Å². The second kappa shape index (κ2) is 6.19. The largest absolute Gasteiger partial charge is 0.219 e. The van der Waals surface area contributed by atoms with Crippen molar-refractivity contribution in [2.75, 3.05) is 0 Å². The van der Waals surface area contributed by atoms with Gasteiger partial charge in [0.25, 0.3) is 0 Å². The molecule has 0 heterocycles. The average Bonchev–Trinajstić information content (AvgIpc) is 2.40. The molecule has 0 atom stereocenters. The Morgan fingerprint density at radius 3 is 2.16 bits per heavy atom. The monoisotopic (exact) mass is 448 g/mol. The van der Waals surface area contributed by atoms with Gasteiger partial charge in [0.1, 0.15) is 0 Å². The van der Waals surface area contributed by atoms with Gasteiger partial charge in [0.2, 0.25) is 9.84 Å². The maximum absolute atomic E-state index is 12.2. The fourth-order valence-corrected chi connectivity index (χ4v) is 4.18. The van der Waals surface area contributed by atoms with E-state index in [0.29, 0.717) is 8.48 Å². The zero-order valence-corrected chi connectivity index (χ0v) is 14.3. The molecule has 0 amide bonds. The number of sulfone groups is 1. The van der Waals surface area contributed by atoms with Crippen molar-refractivity contribution >= 4 is 51.9 Å². The zero-order chi connectivity index (χ0) is 13.9. The van der Waals surface area contributed by atoms with Crippen LogP contribution in [0.5, 0.6) is 0 Å². The SMILES string of the molecule is O=S(=O)(/C=C(/I)c1ccccc1)c1ccc(Br)cc1. The third-order valence-corrected chi connectivity index (χ3v) is 5.81.